The van der Waals surface area contributed by atoms with Gasteiger partial charge in [0.05, 0.1) is 18.0 Å². The first kappa shape index (κ1) is 20.1. The molecule has 1 saturated carbocycles. The summed E-state index contributed by atoms with van der Waals surface area (Å²) in [4.78, 5) is 21.2. The van der Waals surface area contributed by atoms with Crippen molar-refractivity contribution in [2.45, 2.75) is 45.6 Å². The molecule has 6 rings (SSSR count). The molecule has 0 amide bonds. The Labute approximate surface area is 190 Å². The number of anilines is 1. The zero-order valence-corrected chi connectivity index (χ0v) is 18.5. The summed E-state index contributed by atoms with van der Waals surface area (Å²) in [5, 5.41) is 9.70. The van der Waals surface area contributed by atoms with Crippen molar-refractivity contribution in [3.05, 3.63) is 35.4 Å². The number of carboxylic acids is 1. The van der Waals surface area contributed by atoms with Crippen LogP contribution in [0, 0.1) is 11.8 Å². The third-order valence-corrected chi connectivity index (χ3v) is 6.84. The number of benzene rings is 2. The smallest absolute Gasteiger partial charge is 0.307 e. The van der Waals surface area contributed by atoms with Gasteiger partial charge in [0.2, 0.25) is 0 Å². The van der Waals surface area contributed by atoms with Gasteiger partial charge in [-0.2, -0.15) is 4.98 Å². The fourth-order valence-corrected chi connectivity index (χ4v) is 5.08. The molecule has 33 heavy (non-hydrogen) atoms. The van der Waals surface area contributed by atoms with E-state index in [1.54, 1.807) is 0 Å². The second-order valence-electron chi connectivity index (χ2n) is 9.13. The molecule has 0 unspecified atom stereocenters. The molecule has 8 nitrogen and oxygen atoms in total. The number of rotatable bonds is 6. The van der Waals surface area contributed by atoms with Crippen molar-refractivity contribution in [1.82, 2.24) is 14.5 Å². The molecule has 0 saturated heterocycles. The van der Waals surface area contributed by atoms with Crippen LogP contribution in [0.2, 0.25) is 0 Å². The minimum Gasteiger partial charge on any atom is -0.491 e. The molecule has 1 atom stereocenters. The lowest BCUT2D eigenvalue weighted by Gasteiger charge is -2.13. The monoisotopic (exact) mass is 446 g/mol. The van der Waals surface area contributed by atoms with Gasteiger partial charge in [0, 0.05) is 12.1 Å². The minimum absolute atomic E-state index is 0.159. The number of aromatic nitrogens is 3. The largest absolute Gasteiger partial charge is 0.491 e. The molecule has 1 aliphatic heterocycles. The average Bonchev–Trinajstić information content (AvgIpc) is 3.50. The quantitative estimate of drug-likeness (QED) is 0.450. The summed E-state index contributed by atoms with van der Waals surface area (Å²) in [7, 11) is 0. The van der Waals surface area contributed by atoms with Gasteiger partial charge in [-0.15, -0.1) is 0 Å². The summed E-state index contributed by atoms with van der Waals surface area (Å²) >= 11 is 0. The summed E-state index contributed by atoms with van der Waals surface area (Å²) in [6.45, 7) is 3.48. The Balaban J connectivity index is 1.50. The van der Waals surface area contributed by atoms with Gasteiger partial charge in [0.1, 0.15) is 22.6 Å². The maximum Gasteiger partial charge on any atom is 0.307 e. The van der Waals surface area contributed by atoms with Crippen molar-refractivity contribution in [1.29, 1.82) is 0 Å². The van der Waals surface area contributed by atoms with Gasteiger partial charge in [0.15, 0.2) is 5.58 Å². The molecule has 0 radical (unpaired) electrons. The Bertz CT molecular complexity index is 1400. The number of carbonyl (C=O) groups is 1. The Morgan fingerprint density at radius 1 is 1.24 bits per heavy atom. The first-order chi connectivity index (χ1) is 16.0. The van der Waals surface area contributed by atoms with E-state index in [9.17, 15) is 9.90 Å². The van der Waals surface area contributed by atoms with Crippen LogP contribution in [0.15, 0.2) is 28.7 Å². The van der Waals surface area contributed by atoms with E-state index >= 15 is 0 Å². The lowest BCUT2D eigenvalue weighted by Crippen LogP contribution is -2.18. The number of hydrogen-bond donors (Lipinski definition) is 2. The molecule has 4 aromatic rings. The predicted octanol–water partition coefficient (Wildman–Crippen LogP) is 4.42. The van der Waals surface area contributed by atoms with Crippen LogP contribution in [0.3, 0.4) is 0 Å². The molecule has 0 bridgehead atoms. The summed E-state index contributed by atoms with van der Waals surface area (Å²) < 4.78 is 13.9. The second kappa shape index (κ2) is 7.50. The van der Waals surface area contributed by atoms with Gasteiger partial charge in [0.25, 0.3) is 6.01 Å². The highest BCUT2D eigenvalue weighted by Crippen LogP contribution is 2.41. The van der Waals surface area contributed by atoms with Crippen molar-refractivity contribution in [3.8, 4) is 17.1 Å². The number of carboxylic acid groups (broad SMARTS) is 1. The Hall–Kier alpha value is -3.55. The number of hydrogen-bond acceptors (Lipinski definition) is 6. The van der Waals surface area contributed by atoms with Crippen LogP contribution in [0.4, 0.5) is 6.01 Å². The van der Waals surface area contributed by atoms with Gasteiger partial charge in [-0.05, 0) is 73.4 Å². The molecule has 1 aliphatic carbocycles. The zero-order chi connectivity index (χ0) is 22.7. The Morgan fingerprint density at radius 2 is 2.09 bits per heavy atom. The molecule has 3 heterocycles. The van der Waals surface area contributed by atoms with Gasteiger partial charge in [-0.25, -0.2) is 4.98 Å². The maximum absolute atomic E-state index is 11.8. The topological polar surface area (TPSA) is 116 Å². The van der Waals surface area contributed by atoms with E-state index in [0.29, 0.717) is 13.0 Å². The average molecular weight is 447 g/mol. The second-order valence-corrected chi connectivity index (χ2v) is 9.13. The highest BCUT2D eigenvalue weighted by Gasteiger charge is 2.36. The molecule has 0 spiro atoms. The van der Waals surface area contributed by atoms with E-state index < -0.39 is 5.97 Å². The van der Waals surface area contributed by atoms with Crippen LogP contribution < -0.4 is 10.5 Å². The molecule has 2 aliphatic rings. The number of fused-ring (bicyclic) bond motifs is 1. The minimum atomic E-state index is -0.720. The zero-order valence-electron chi connectivity index (χ0n) is 18.5. The number of nitrogens with two attached hydrogens (primary N) is 1. The highest BCUT2D eigenvalue weighted by molar-refractivity contribution is 5.89. The normalized spacial score (nSPS) is 16.6. The van der Waals surface area contributed by atoms with Crippen LogP contribution >= 0.6 is 0 Å². The summed E-state index contributed by atoms with van der Waals surface area (Å²) in [5.74, 6) is 0.836. The summed E-state index contributed by atoms with van der Waals surface area (Å²) in [6, 6.07) is 8.26. The molecular formula is C25H26N4O4. The molecule has 1 fully saturated rings. The van der Waals surface area contributed by atoms with Gasteiger partial charge in [-0.3, -0.25) is 4.79 Å². The van der Waals surface area contributed by atoms with Gasteiger partial charge >= 0.3 is 5.97 Å². The standard InChI is InChI=1S/C25H26N4O4/c1-2-14-11-16(12-19-22(14)33-25(26)28-19)23-27-18-9-13(8-17(24(30)31)15-4-5-15)10-20-21(18)29(23)6-3-7-32-20/h9-12,15,17H,2-8H2,1H3,(H2,26,28)(H,30,31)/t17-/m0/s1. The maximum atomic E-state index is 11.8. The van der Waals surface area contributed by atoms with Crippen molar-refractivity contribution < 1.29 is 19.1 Å². The van der Waals surface area contributed by atoms with Crippen LogP contribution in [0.1, 0.15) is 37.3 Å². The van der Waals surface area contributed by atoms with Crippen LogP contribution in [-0.4, -0.2) is 32.2 Å². The van der Waals surface area contributed by atoms with Gasteiger partial charge in [-0.1, -0.05) is 6.92 Å². The number of imidazole rings is 1. The number of aryl methyl sites for hydroxylation is 2. The highest BCUT2D eigenvalue weighted by atomic mass is 16.5. The fraction of sp³-hybridized carbons (Fsp3) is 0.400. The number of ether oxygens (including phenoxy) is 1. The van der Waals surface area contributed by atoms with Crippen LogP contribution in [-0.2, 0) is 24.2 Å². The van der Waals surface area contributed by atoms with E-state index in [-0.39, 0.29) is 17.9 Å². The predicted molar refractivity (Wildman–Crippen MR) is 124 cm³/mol. The SMILES string of the molecule is CCc1cc(-c2nc3cc(C[C@H](C(=O)O)C4CC4)cc4c3n2CCCO4)cc2nc(N)oc12. The van der Waals surface area contributed by atoms with Crippen molar-refractivity contribution >= 4 is 34.1 Å². The van der Waals surface area contributed by atoms with Crippen LogP contribution in [0.5, 0.6) is 5.75 Å². The number of oxazole rings is 1. The van der Waals surface area contributed by atoms with Crippen molar-refractivity contribution in [2.24, 2.45) is 11.8 Å². The van der Waals surface area contributed by atoms with E-state index in [0.717, 1.165) is 82.6 Å². The molecule has 3 N–H and O–H groups in total. The third kappa shape index (κ3) is 3.41. The molecule has 2 aromatic heterocycles. The Morgan fingerprint density at radius 3 is 2.85 bits per heavy atom. The lowest BCUT2D eigenvalue weighted by molar-refractivity contribution is -0.142. The number of nitrogens with zero attached hydrogens (tertiary/aromatic N) is 3. The first-order valence-corrected chi connectivity index (χ1v) is 11.6. The number of aliphatic carboxylic acids is 1. The molecule has 170 valence electrons. The molecule has 8 heteroatoms. The first-order valence-electron chi connectivity index (χ1n) is 11.6. The number of nitrogen functional groups attached to an aromatic ring is 1. The van der Waals surface area contributed by atoms with E-state index in [1.807, 2.05) is 18.2 Å². The molecular weight excluding hydrogens is 420 g/mol. The fourth-order valence-electron chi connectivity index (χ4n) is 5.08. The summed E-state index contributed by atoms with van der Waals surface area (Å²) in [6.07, 6.45) is 4.14. The lowest BCUT2D eigenvalue weighted by atomic mass is 9.94. The Kier molecular flexibility index (Phi) is 4.57. The third-order valence-electron chi connectivity index (χ3n) is 6.84. The van der Waals surface area contributed by atoms with E-state index in [4.69, 9.17) is 19.9 Å². The van der Waals surface area contributed by atoms with Gasteiger partial charge < -0.3 is 24.6 Å². The van der Waals surface area contributed by atoms with E-state index in [2.05, 4.69) is 22.5 Å². The van der Waals surface area contributed by atoms with Crippen molar-refractivity contribution in [3.63, 3.8) is 0 Å². The summed E-state index contributed by atoms with van der Waals surface area (Å²) in [5.41, 5.74) is 12.0. The van der Waals surface area contributed by atoms with Crippen molar-refractivity contribution in [2.75, 3.05) is 12.3 Å². The van der Waals surface area contributed by atoms with Crippen LogP contribution in [0.25, 0.3) is 33.5 Å². The molecule has 2 aromatic carbocycles. The van der Waals surface area contributed by atoms with E-state index in [1.165, 1.54) is 0 Å².